The quantitative estimate of drug-likeness (QED) is 0.548. The van der Waals surface area contributed by atoms with Crippen LogP contribution in [0.15, 0.2) is 41.3 Å². The summed E-state index contributed by atoms with van der Waals surface area (Å²) in [5.41, 5.74) is 7.77. The lowest BCUT2D eigenvalue weighted by Gasteiger charge is -2.07. The molecule has 4 N–H and O–H groups in total. The van der Waals surface area contributed by atoms with Crippen LogP contribution in [0.3, 0.4) is 0 Å². The van der Waals surface area contributed by atoms with E-state index in [1.54, 1.807) is 18.3 Å². The zero-order valence-electron chi connectivity index (χ0n) is 14.2. The summed E-state index contributed by atoms with van der Waals surface area (Å²) < 4.78 is 6.73. The molecule has 0 saturated carbocycles. The van der Waals surface area contributed by atoms with Crippen LogP contribution in [-0.4, -0.2) is 34.3 Å². The van der Waals surface area contributed by atoms with Crippen molar-refractivity contribution in [2.24, 2.45) is 0 Å². The Kier molecular flexibility index (Phi) is 5.55. The predicted molar refractivity (Wildman–Crippen MR) is 100 cm³/mol. The van der Waals surface area contributed by atoms with Crippen molar-refractivity contribution in [3.63, 3.8) is 0 Å². The van der Waals surface area contributed by atoms with Gasteiger partial charge in [-0.05, 0) is 37.7 Å². The molecular weight excluding hydrogens is 356 g/mol. The average molecular weight is 375 g/mol. The second kappa shape index (κ2) is 8.03. The molecule has 9 heteroatoms. The van der Waals surface area contributed by atoms with E-state index in [0.717, 1.165) is 30.6 Å². The molecule has 0 radical (unpaired) electrons. The molecule has 2 aromatic heterocycles. The van der Waals surface area contributed by atoms with Crippen LogP contribution in [-0.2, 0) is 6.54 Å². The first kappa shape index (κ1) is 18.0. The molecular formula is C17H19ClN6O2. The van der Waals surface area contributed by atoms with E-state index in [1.807, 2.05) is 24.0 Å². The fourth-order valence-corrected chi connectivity index (χ4v) is 2.60. The number of aryl methyl sites for hydroxylation is 1. The van der Waals surface area contributed by atoms with E-state index in [4.69, 9.17) is 21.8 Å². The number of amides is 1. The Bertz CT molecular complexity index is 904. The van der Waals surface area contributed by atoms with Crippen molar-refractivity contribution in [3.05, 3.63) is 47.6 Å². The number of hydrogen-bond acceptors (Lipinski definition) is 6. The van der Waals surface area contributed by atoms with Crippen molar-refractivity contribution in [2.45, 2.75) is 13.0 Å². The largest absolute Gasteiger partial charge is 0.431 e. The normalized spacial score (nSPS) is 10.8. The molecule has 1 aromatic carbocycles. The van der Waals surface area contributed by atoms with Crippen LogP contribution in [0.25, 0.3) is 11.1 Å². The first-order valence-electron chi connectivity index (χ1n) is 8.06. The van der Waals surface area contributed by atoms with Gasteiger partial charge in [-0.15, -0.1) is 0 Å². The van der Waals surface area contributed by atoms with Gasteiger partial charge < -0.3 is 20.8 Å². The standard InChI is InChI=1S/C17H19ClN6O2/c1-20-5-2-6-24-9-12(8-21-24)11-3-4-13(18)14(7-11)22-16(25)15-10-26-17(19)23-15/h3-4,7-10,20H,2,5-6H2,1H3,(H2,19,23)(H,22,25). The van der Waals surface area contributed by atoms with Crippen molar-refractivity contribution >= 4 is 29.2 Å². The SMILES string of the molecule is CNCCCn1cc(-c2ccc(Cl)c(NC(=O)c3coc(N)n3)c2)cn1. The van der Waals surface area contributed by atoms with E-state index < -0.39 is 5.91 Å². The highest BCUT2D eigenvalue weighted by Gasteiger charge is 2.14. The molecule has 0 fully saturated rings. The van der Waals surface area contributed by atoms with Crippen molar-refractivity contribution < 1.29 is 9.21 Å². The summed E-state index contributed by atoms with van der Waals surface area (Å²) in [7, 11) is 1.92. The van der Waals surface area contributed by atoms with E-state index in [1.165, 1.54) is 6.26 Å². The smallest absolute Gasteiger partial charge is 0.292 e. The molecule has 0 aliphatic rings. The average Bonchev–Trinajstić information content (AvgIpc) is 3.26. The van der Waals surface area contributed by atoms with Gasteiger partial charge >= 0.3 is 0 Å². The number of nitrogens with two attached hydrogens (primary N) is 1. The number of hydrogen-bond donors (Lipinski definition) is 3. The number of rotatable bonds is 7. The Morgan fingerprint density at radius 2 is 2.23 bits per heavy atom. The first-order chi connectivity index (χ1) is 12.6. The van der Waals surface area contributed by atoms with Crippen molar-refractivity contribution in [1.29, 1.82) is 0 Å². The number of nitrogens with one attached hydrogen (secondary N) is 2. The molecule has 3 aromatic rings. The Hall–Kier alpha value is -2.84. The molecule has 2 heterocycles. The Balaban J connectivity index is 1.76. The molecule has 1 amide bonds. The molecule has 3 rings (SSSR count). The molecule has 0 bridgehead atoms. The topological polar surface area (TPSA) is 111 Å². The molecule has 136 valence electrons. The molecule has 8 nitrogen and oxygen atoms in total. The molecule has 0 spiro atoms. The summed E-state index contributed by atoms with van der Waals surface area (Å²) in [6.45, 7) is 1.75. The van der Waals surface area contributed by atoms with Gasteiger partial charge in [0.25, 0.3) is 11.9 Å². The van der Waals surface area contributed by atoms with E-state index in [0.29, 0.717) is 10.7 Å². The number of carbonyl (C=O) groups is 1. The molecule has 0 aliphatic carbocycles. The molecule has 0 saturated heterocycles. The highest BCUT2D eigenvalue weighted by atomic mass is 35.5. The summed E-state index contributed by atoms with van der Waals surface area (Å²) in [5.74, 6) is -0.452. The number of benzene rings is 1. The van der Waals surface area contributed by atoms with E-state index in [-0.39, 0.29) is 11.7 Å². The van der Waals surface area contributed by atoms with Crippen LogP contribution in [0.2, 0.25) is 5.02 Å². The first-order valence-corrected chi connectivity index (χ1v) is 8.44. The Morgan fingerprint density at radius 3 is 2.96 bits per heavy atom. The summed E-state index contributed by atoms with van der Waals surface area (Å²) in [5, 5.41) is 10.6. The lowest BCUT2D eigenvalue weighted by molar-refractivity contribution is 0.102. The van der Waals surface area contributed by atoms with Crippen LogP contribution in [0, 0.1) is 0 Å². The minimum absolute atomic E-state index is 0.0688. The van der Waals surface area contributed by atoms with E-state index in [2.05, 4.69) is 20.7 Å². The van der Waals surface area contributed by atoms with Gasteiger partial charge in [0.1, 0.15) is 6.26 Å². The van der Waals surface area contributed by atoms with Gasteiger partial charge in [-0.1, -0.05) is 17.7 Å². The van der Waals surface area contributed by atoms with Crippen molar-refractivity contribution in [3.8, 4) is 11.1 Å². The zero-order chi connectivity index (χ0) is 18.5. The highest BCUT2D eigenvalue weighted by molar-refractivity contribution is 6.34. The third kappa shape index (κ3) is 4.22. The van der Waals surface area contributed by atoms with Crippen LogP contribution in [0.1, 0.15) is 16.9 Å². The van der Waals surface area contributed by atoms with E-state index >= 15 is 0 Å². The number of aromatic nitrogens is 3. The van der Waals surface area contributed by atoms with Gasteiger partial charge in [-0.25, -0.2) is 0 Å². The van der Waals surface area contributed by atoms with Gasteiger partial charge in [0, 0.05) is 18.3 Å². The van der Waals surface area contributed by atoms with Crippen LogP contribution >= 0.6 is 11.6 Å². The molecule has 0 aliphatic heterocycles. The number of halogens is 1. The summed E-state index contributed by atoms with van der Waals surface area (Å²) in [6.07, 6.45) is 5.92. The minimum Gasteiger partial charge on any atom is -0.431 e. The fraction of sp³-hybridized carbons (Fsp3) is 0.235. The molecule has 26 heavy (non-hydrogen) atoms. The lowest BCUT2D eigenvalue weighted by Crippen LogP contribution is -2.12. The summed E-state index contributed by atoms with van der Waals surface area (Å²) in [6, 6.07) is 5.32. The van der Waals surface area contributed by atoms with Crippen molar-refractivity contribution in [2.75, 3.05) is 24.6 Å². The molecule has 0 unspecified atom stereocenters. The number of nitrogen functional groups attached to an aromatic ring is 1. The van der Waals surface area contributed by atoms with Gasteiger partial charge in [0.2, 0.25) is 0 Å². The minimum atomic E-state index is -0.452. The fourth-order valence-electron chi connectivity index (χ4n) is 2.43. The maximum atomic E-state index is 12.2. The number of anilines is 2. The van der Waals surface area contributed by atoms with Crippen LogP contribution in [0.4, 0.5) is 11.7 Å². The van der Waals surface area contributed by atoms with Crippen LogP contribution in [0.5, 0.6) is 0 Å². The molecule has 0 atom stereocenters. The lowest BCUT2D eigenvalue weighted by atomic mass is 10.1. The third-order valence-electron chi connectivity index (χ3n) is 3.75. The number of carbonyl (C=O) groups excluding carboxylic acids is 1. The van der Waals surface area contributed by atoms with Gasteiger partial charge in [0.05, 0.1) is 16.9 Å². The summed E-state index contributed by atoms with van der Waals surface area (Å²) in [4.78, 5) is 16.0. The second-order valence-corrected chi connectivity index (χ2v) is 6.08. The van der Waals surface area contributed by atoms with E-state index in [9.17, 15) is 4.79 Å². The maximum Gasteiger partial charge on any atom is 0.292 e. The van der Waals surface area contributed by atoms with Gasteiger partial charge in [-0.2, -0.15) is 10.1 Å². The Labute approximate surface area is 155 Å². The summed E-state index contributed by atoms with van der Waals surface area (Å²) >= 11 is 6.20. The third-order valence-corrected chi connectivity index (χ3v) is 4.08. The number of nitrogens with zero attached hydrogens (tertiary/aromatic N) is 3. The monoisotopic (exact) mass is 374 g/mol. The number of oxazole rings is 1. The van der Waals surface area contributed by atoms with Gasteiger partial charge in [0.15, 0.2) is 5.69 Å². The van der Waals surface area contributed by atoms with Gasteiger partial charge in [-0.3, -0.25) is 9.48 Å². The van der Waals surface area contributed by atoms with Crippen LogP contribution < -0.4 is 16.4 Å². The second-order valence-electron chi connectivity index (χ2n) is 5.67. The predicted octanol–water partition coefficient (Wildman–Crippen LogP) is 2.64. The highest BCUT2D eigenvalue weighted by Crippen LogP contribution is 2.29. The maximum absolute atomic E-state index is 12.2. The zero-order valence-corrected chi connectivity index (χ0v) is 15.0. The van der Waals surface area contributed by atoms with Crippen molar-refractivity contribution in [1.82, 2.24) is 20.1 Å². The Morgan fingerprint density at radius 1 is 1.38 bits per heavy atom.